The third-order valence-electron chi connectivity index (χ3n) is 2.71. The van der Waals surface area contributed by atoms with E-state index in [1.54, 1.807) is 0 Å². The molecule has 0 saturated heterocycles. The van der Waals surface area contributed by atoms with E-state index in [9.17, 15) is 10.2 Å². The molecule has 3 heteroatoms. The van der Waals surface area contributed by atoms with Crippen molar-refractivity contribution in [3.63, 3.8) is 0 Å². The van der Waals surface area contributed by atoms with Gasteiger partial charge in [0.05, 0.1) is 13.2 Å². The maximum absolute atomic E-state index is 9.42. The Morgan fingerprint density at radius 1 is 1.20 bits per heavy atom. The summed E-state index contributed by atoms with van der Waals surface area (Å²) < 4.78 is 0. The predicted octanol–water partition coefficient (Wildman–Crippen LogP) is 2.54. The molecule has 0 unspecified atom stereocenters. The average Bonchev–Trinajstić information content (AvgIpc) is 2.22. The molecule has 15 heavy (non-hydrogen) atoms. The molecule has 0 aliphatic rings. The molecule has 0 amide bonds. The third kappa shape index (κ3) is 6.44. The van der Waals surface area contributed by atoms with Crippen molar-refractivity contribution in [1.29, 1.82) is 0 Å². The molecule has 0 aromatic heterocycles. The summed E-state index contributed by atoms with van der Waals surface area (Å²) in [6.07, 6.45) is 2.94. The molecule has 0 aliphatic carbocycles. The van der Waals surface area contributed by atoms with E-state index in [4.69, 9.17) is 0 Å². The zero-order valence-electron chi connectivity index (χ0n) is 10.3. The van der Waals surface area contributed by atoms with Crippen LogP contribution in [0.2, 0.25) is 0 Å². The summed E-state index contributed by atoms with van der Waals surface area (Å²) in [5.41, 5.74) is -0.248. The van der Waals surface area contributed by atoms with E-state index in [1.165, 1.54) is 0 Å². The maximum atomic E-state index is 9.42. The molecule has 0 rings (SSSR count). The summed E-state index contributed by atoms with van der Waals surface area (Å²) in [7, 11) is 0. The fourth-order valence-corrected chi connectivity index (χ4v) is 2.64. The maximum Gasteiger partial charge on any atom is 0.0509 e. The van der Waals surface area contributed by atoms with Crippen LogP contribution in [0.5, 0.6) is 0 Å². The van der Waals surface area contributed by atoms with Crippen molar-refractivity contribution in [3.05, 3.63) is 0 Å². The van der Waals surface area contributed by atoms with Gasteiger partial charge in [-0.05, 0) is 36.7 Å². The second kappa shape index (κ2) is 8.43. The lowest BCUT2D eigenvalue weighted by Crippen LogP contribution is -2.31. The minimum absolute atomic E-state index is 0.110. The van der Waals surface area contributed by atoms with Gasteiger partial charge in [-0.1, -0.05) is 20.8 Å². The largest absolute Gasteiger partial charge is 0.396 e. The molecule has 0 radical (unpaired) electrons. The number of hydrogen-bond acceptors (Lipinski definition) is 3. The van der Waals surface area contributed by atoms with Gasteiger partial charge in [-0.2, -0.15) is 11.8 Å². The van der Waals surface area contributed by atoms with E-state index >= 15 is 0 Å². The highest BCUT2D eigenvalue weighted by molar-refractivity contribution is 7.99. The highest BCUT2D eigenvalue weighted by Crippen LogP contribution is 2.31. The lowest BCUT2D eigenvalue weighted by molar-refractivity contribution is 0.0293. The van der Waals surface area contributed by atoms with E-state index in [-0.39, 0.29) is 18.6 Å². The molecule has 0 fully saturated rings. The van der Waals surface area contributed by atoms with Crippen molar-refractivity contribution < 1.29 is 10.2 Å². The van der Waals surface area contributed by atoms with Gasteiger partial charge in [0.1, 0.15) is 0 Å². The molecule has 0 bridgehead atoms. The van der Waals surface area contributed by atoms with Gasteiger partial charge in [0.15, 0.2) is 0 Å². The number of aliphatic hydroxyl groups is 2. The van der Waals surface area contributed by atoms with Crippen LogP contribution in [0.1, 0.15) is 40.0 Å². The highest BCUT2D eigenvalue weighted by atomic mass is 32.2. The molecule has 0 spiro atoms. The van der Waals surface area contributed by atoms with Crippen LogP contribution in [-0.2, 0) is 0 Å². The minimum Gasteiger partial charge on any atom is -0.396 e. The van der Waals surface area contributed by atoms with Crippen LogP contribution in [0.4, 0.5) is 0 Å². The van der Waals surface area contributed by atoms with E-state index < -0.39 is 0 Å². The fourth-order valence-electron chi connectivity index (χ4n) is 2.00. The summed E-state index contributed by atoms with van der Waals surface area (Å²) in [6, 6.07) is 0. The summed E-state index contributed by atoms with van der Waals surface area (Å²) >= 11 is 1.93. The van der Waals surface area contributed by atoms with Gasteiger partial charge in [0.2, 0.25) is 0 Å². The van der Waals surface area contributed by atoms with Crippen LogP contribution in [0.25, 0.3) is 0 Å². The van der Waals surface area contributed by atoms with Crippen LogP contribution < -0.4 is 0 Å². The van der Waals surface area contributed by atoms with E-state index in [0.29, 0.717) is 5.92 Å². The van der Waals surface area contributed by atoms with Gasteiger partial charge in [-0.25, -0.2) is 0 Å². The van der Waals surface area contributed by atoms with Crippen molar-refractivity contribution in [2.45, 2.75) is 40.0 Å². The quantitative estimate of drug-likeness (QED) is 0.602. The Balaban J connectivity index is 4.00. The zero-order valence-corrected chi connectivity index (χ0v) is 11.1. The first-order valence-corrected chi connectivity index (χ1v) is 7.05. The van der Waals surface area contributed by atoms with Crippen molar-refractivity contribution in [2.75, 3.05) is 24.7 Å². The van der Waals surface area contributed by atoms with Crippen LogP contribution in [0, 0.1) is 11.3 Å². The van der Waals surface area contributed by atoms with E-state index in [1.807, 2.05) is 11.8 Å². The smallest absolute Gasteiger partial charge is 0.0509 e. The first-order valence-electron chi connectivity index (χ1n) is 5.89. The van der Waals surface area contributed by atoms with Crippen LogP contribution in [-0.4, -0.2) is 34.9 Å². The van der Waals surface area contributed by atoms with Crippen LogP contribution in [0.3, 0.4) is 0 Å². The Kier molecular flexibility index (Phi) is 8.58. The molecule has 2 nitrogen and oxygen atoms in total. The molecule has 0 aromatic rings. The first kappa shape index (κ1) is 15.3. The summed E-state index contributed by atoms with van der Waals surface area (Å²) in [5, 5.41) is 18.8. The molecular weight excluding hydrogens is 208 g/mol. The first-order chi connectivity index (χ1) is 7.10. The molecule has 92 valence electrons. The molecule has 0 saturated carbocycles. The summed E-state index contributed by atoms with van der Waals surface area (Å²) in [4.78, 5) is 0. The van der Waals surface area contributed by atoms with Gasteiger partial charge in [-0.15, -0.1) is 0 Å². The lowest BCUT2D eigenvalue weighted by Gasteiger charge is -2.31. The Labute approximate surface area is 98.5 Å². The van der Waals surface area contributed by atoms with Crippen LogP contribution >= 0.6 is 11.8 Å². The van der Waals surface area contributed by atoms with Gasteiger partial charge in [-0.3, -0.25) is 0 Å². The monoisotopic (exact) mass is 234 g/mol. The predicted molar refractivity (Wildman–Crippen MR) is 68.3 cm³/mol. The van der Waals surface area contributed by atoms with Gasteiger partial charge >= 0.3 is 0 Å². The third-order valence-corrected chi connectivity index (χ3v) is 3.70. The average molecular weight is 234 g/mol. The van der Waals surface area contributed by atoms with Crippen molar-refractivity contribution in [1.82, 2.24) is 0 Å². The van der Waals surface area contributed by atoms with Gasteiger partial charge < -0.3 is 10.2 Å². The minimum atomic E-state index is -0.248. The highest BCUT2D eigenvalue weighted by Gasteiger charge is 2.28. The second-order valence-corrected chi connectivity index (χ2v) is 6.11. The van der Waals surface area contributed by atoms with E-state index in [2.05, 4.69) is 20.8 Å². The SMILES string of the molecule is CCSCCCC(CO)(CO)CC(C)C. The molecule has 0 aromatic carbocycles. The Bertz CT molecular complexity index is 145. The summed E-state index contributed by atoms with van der Waals surface area (Å²) in [5.74, 6) is 2.81. The number of rotatable bonds is 9. The lowest BCUT2D eigenvalue weighted by atomic mass is 9.78. The fraction of sp³-hybridized carbons (Fsp3) is 1.00. The molecule has 0 heterocycles. The topological polar surface area (TPSA) is 40.5 Å². The van der Waals surface area contributed by atoms with Gasteiger partial charge in [0, 0.05) is 5.41 Å². The molecule has 0 atom stereocenters. The zero-order chi connectivity index (χ0) is 11.7. The number of hydrogen-bond donors (Lipinski definition) is 2. The normalized spacial score (nSPS) is 12.4. The van der Waals surface area contributed by atoms with Gasteiger partial charge in [0.25, 0.3) is 0 Å². The molecule has 0 aliphatic heterocycles. The standard InChI is InChI=1S/C12H26O2S/c1-4-15-7-5-6-12(9-13,10-14)8-11(2)3/h11,13-14H,4-10H2,1-3H3. The van der Waals surface area contributed by atoms with Crippen molar-refractivity contribution in [3.8, 4) is 0 Å². The van der Waals surface area contributed by atoms with Crippen molar-refractivity contribution >= 4 is 11.8 Å². The van der Waals surface area contributed by atoms with Crippen LogP contribution in [0.15, 0.2) is 0 Å². The Hall–Kier alpha value is 0.270. The Morgan fingerprint density at radius 2 is 1.80 bits per heavy atom. The molecule has 2 N–H and O–H groups in total. The second-order valence-electron chi connectivity index (χ2n) is 4.71. The summed E-state index contributed by atoms with van der Waals surface area (Å²) in [6.45, 7) is 6.66. The number of thioether (sulfide) groups is 1. The van der Waals surface area contributed by atoms with Crippen molar-refractivity contribution in [2.24, 2.45) is 11.3 Å². The molecular formula is C12H26O2S. The Morgan fingerprint density at radius 3 is 2.20 bits per heavy atom. The van der Waals surface area contributed by atoms with E-state index in [0.717, 1.165) is 30.8 Å². The number of aliphatic hydroxyl groups excluding tert-OH is 2.